The van der Waals surface area contributed by atoms with Crippen LogP contribution in [0.25, 0.3) is 0 Å². The van der Waals surface area contributed by atoms with Crippen LogP contribution in [0.15, 0.2) is 17.0 Å². The van der Waals surface area contributed by atoms with Crippen LogP contribution in [0.3, 0.4) is 0 Å². The Labute approximate surface area is 122 Å². The molecule has 1 aliphatic heterocycles. The van der Waals surface area contributed by atoms with Crippen LogP contribution in [-0.2, 0) is 16.1 Å². The number of hydrogen-bond acceptors (Lipinski definition) is 5. The first-order chi connectivity index (χ1) is 9.61. The molecule has 1 aromatic carbocycles. The van der Waals surface area contributed by atoms with E-state index < -0.39 is 0 Å². The average Bonchev–Trinajstić information content (AvgIpc) is 2.46. The molecule has 1 saturated heterocycles. The predicted octanol–water partition coefficient (Wildman–Crippen LogP) is 3.67. The van der Waals surface area contributed by atoms with E-state index in [0.717, 1.165) is 36.3 Å². The Morgan fingerprint density at radius 1 is 1.50 bits per heavy atom. The maximum Gasteiger partial charge on any atom is 0.272 e. The Morgan fingerprint density at radius 3 is 2.90 bits per heavy atom. The van der Waals surface area contributed by atoms with Crippen molar-refractivity contribution in [2.24, 2.45) is 0 Å². The molecule has 1 atom stereocenters. The van der Waals surface area contributed by atoms with Crippen LogP contribution in [0.1, 0.15) is 30.4 Å². The van der Waals surface area contributed by atoms with Crippen molar-refractivity contribution >= 4 is 17.4 Å². The number of aryl methyl sites for hydroxylation is 1. The van der Waals surface area contributed by atoms with E-state index in [1.807, 2.05) is 12.3 Å². The van der Waals surface area contributed by atoms with E-state index in [0.29, 0.717) is 12.2 Å². The fraction of sp³-hybridized carbons (Fsp3) is 0.571. The summed E-state index contributed by atoms with van der Waals surface area (Å²) in [4.78, 5) is 11.7. The Morgan fingerprint density at radius 2 is 2.30 bits per heavy atom. The second-order valence-corrected chi connectivity index (χ2v) is 5.66. The van der Waals surface area contributed by atoms with Crippen molar-refractivity contribution < 1.29 is 14.4 Å². The van der Waals surface area contributed by atoms with Gasteiger partial charge in [0.2, 0.25) is 0 Å². The molecule has 1 aromatic rings. The molecule has 20 heavy (non-hydrogen) atoms. The minimum Gasteiger partial charge on any atom is -0.353 e. The lowest BCUT2D eigenvalue weighted by atomic mass is 10.1. The van der Waals surface area contributed by atoms with Crippen LogP contribution in [0.2, 0.25) is 0 Å². The van der Waals surface area contributed by atoms with Gasteiger partial charge in [-0.2, -0.15) is 0 Å². The normalized spacial score (nSPS) is 19.0. The van der Waals surface area contributed by atoms with E-state index in [-0.39, 0.29) is 16.9 Å². The largest absolute Gasteiger partial charge is 0.353 e. The molecule has 0 aromatic heterocycles. The molecule has 0 spiro atoms. The lowest BCUT2D eigenvalue weighted by Gasteiger charge is -2.23. The third-order valence-corrected chi connectivity index (χ3v) is 4.18. The number of rotatable bonds is 5. The highest BCUT2D eigenvalue weighted by molar-refractivity contribution is 7.98. The summed E-state index contributed by atoms with van der Waals surface area (Å²) in [7, 11) is 0. The first kappa shape index (κ1) is 15.3. The van der Waals surface area contributed by atoms with Crippen LogP contribution in [0.5, 0.6) is 0 Å². The van der Waals surface area contributed by atoms with Crippen molar-refractivity contribution in [3.63, 3.8) is 0 Å². The van der Waals surface area contributed by atoms with Gasteiger partial charge in [0.05, 0.1) is 11.5 Å². The molecular formula is C14H19NO4S. The first-order valence-corrected chi connectivity index (χ1v) is 7.89. The lowest BCUT2D eigenvalue weighted by molar-refractivity contribution is -0.385. The fourth-order valence-electron chi connectivity index (χ4n) is 2.24. The monoisotopic (exact) mass is 297 g/mol. The van der Waals surface area contributed by atoms with E-state index in [1.54, 1.807) is 24.8 Å². The van der Waals surface area contributed by atoms with Crippen molar-refractivity contribution in [1.82, 2.24) is 0 Å². The summed E-state index contributed by atoms with van der Waals surface area (Å²) in [6, 6.07) is 3.47. The van der Waals surface area contributed by atoms with Gasteiger partial charge in [0.1, 0.15) is 0 Å². The summed E-state index contributed by atoms with van der Waals surface area (Å²) in [6.07, 6.45) is 4.85. The first-order valence-electron chi connectivity index (χ1n) is 6.67. The number of nitro benzene ring substituents is 1. The molecule has 0 saturated carbocycles. The van der Waals surface area contributed by atoms with Gasteiger partial charge in [-0.25, -0.2) is 0 Å². The quantitative estimate of drug-likeness (QED) is 0.471. The van der Waals surface area contributed by atoms with Crippen LogP contribution in [-0.4, -0.2) is 24.1 Å². The SMILES string of the molecule is CSc1cc(C)c([N+](=O)[O-])cc1COC1CCCCO1. The van der Waals surface area contributed by atoms with Gasteiger partial charge in [0.25, 0.3) is 5.69 Å². The van der Waals surface area contributed by atoms with Gasteiger partial charge in [-0.05, 0) is 44.1 Å². The van der Waals surface area contributed by atoms with Crippen LogP contribution in [0, 0.1) is 17.0 Å². The molecule has 0 amide bonds. The second kappa shape index (κ2) is 7.06. The summed E-state index contributed by atoms with van der Waals surface area (Å²) in [5.74, 6) is 0. The molecule has 1 heterocycles. The summed E-state index contributed by atoms with van der Waals surface area (Å²) < 4.78 is 11.2. The van der Waals surface area contributed by atoms with Crippen LogP contribution in [0.4, 0.5) is 5.69 Å². The van der Waals surface area contributed by atoms with E-state index in [2.05, 4.69) is 0 Å². The molecule has 1 unspecified atom stereocenters. The number of thioether (sulfide) groups is 1. The number of benzene rings is 1. The minimum atomic E-state index is -0.347. The van der Waals surface area contributed by atoms with Gasteiger partial charge < -0.3 is 9.47 Å². The second-order valence-electron chi connectivity index (χ2n) is 4.81. The highest BCUT2D eigenvalue weighted by Gasteiger charge is 2.18. The van der Waals surface area contributed by atoms with E-state index in [1.165, 1.54) is 0 Å². The highest BCUT2D eigenvalue weighted by atomic mass is 32.2. The van der Waals surface area contributed by atoms with Crippen molar-refractivity contribution in [2.45, 2.75) is 44.0 Å². The maximum absolute atomic E-state index is 11.0. The molecule has 0 aliphatic carbocycles. The number of nitrogens with zero attached hydrogens (tertiary/aromatic N) is 1. The Bertz CT molecular complexity index is 486. The zero-order valence-corrected chi connectivity index (χ0v) is 12.6. The molecule has 0 radical (unpaired) electrons. The number of ether oxygens (including phenoxy) is 2. The van der Waals surface area contributed by atoms with E-state index >= 15 is 0 Å². The number of nitro groups is 1. The summed E-state index contributed by atoms with van der Waals surface area (Å²) >= 11 is 1.57. The molecule has 0 bridgehead atoms. The van der Waals surface area contributed by atoms with Gasteiger partial charge >= 0.3 is 0 Å². The molecule has 1 aliphatic rings. The molecule has 5 nitrogen and oxygen atoms in total. The molecular weight excluding hydrogens is 278 g/mol. The smallest absolute Gasteiger partial charge is 0.272 e. The van der Waals surface area contributed by atoms with Crippen molar-refractivity contribution in [2.75, 3.05) is 12.9 Å². The molecule has 0 N–H and O–H groups in total. The van der Waals surface area contributed by atoms with Gasteiger partial charge in [0.15, 0.2) is 6.29 Å². The van der Waals surface area contributed by atoms with E-state index in [9.17, 15) is 10.1 Å². The van der Waals surface area contributed by atoms with Gasteiger partial charge in [-0.3, -0.25) is 10.1 Å². The Balaban J connectivity index is 2.12. The van der Waals surface area contributed by atoms with E-state index in [4.69, 9.17) is 9.47 Å². The third kappa shape index (κ3) is 3.71. The van der Waals surface area contributed by atoms with Crippen molar-refractivity contribution in [1.29, 1.82) is 0 Å². The molecule has 6 heteroatoms. The third-order valence-electron chi connectivity index (χ3n) is 3.36. The Kier molecular flexibility index (Phi) is 5.39. The zero-order chi connectivity index (χ0) is 14.5. The topological polar surface area (TPSA) is 61.6 Å². The van der Waals surface area contributed by atoms with Crippen molar-refractivity contribution in [3.8, 4) is 0 Å². The van der Waals surface area contributed by atoms with Crippen molar-refractivity contribution in [3.05, 3.63) is 33.4 Å². The molecule has 1 fully saturated rings. The highest BCUT2D eigenvalue weighted by Crippen LogP contribution is 2.29. The van der Waals surface area contributed by atoms with Gasteiger partial charge in [-0.1, -0.05) is 0 Å². The van der Waals surface area contributed by atoms with Crippen LogP contribution < -0.4 is 0 Å². The average molecular weight is 297 g/mol. The minimum absolute atomic E-state index is 0.144. The summed E-state index contributed by atoms with van der Waals surface area (Å²) in [6.45, 7) is 2.84. The Hall–Kier alpha value is -1.11. The predicted molar refractivity (Wildman–Crippen MR) is 78.0 cm³/mol. The lowest BCUT2D eigenvalue weighted by Crippen LogP contribution is -2.22. The van der Waals surface area contributed by atoms with Crippen LogP contribution >= 0.6 is 11.8 Å². The zero-order valence-electron chi connectivity index (χ0n) is 11.8. The summed E-state index contributed by atoms with van der Waals surface area (Å²) in [5.41, 5.74) is 1.67. The standard InChI is InChI=1S/C14H19NO4S/c1-10-7-13(20-2)11(8-12(10)15(16)17)9-19-14-5-3-4-6-18-14/h7-8,14H,3-6,9H2,1-2H3. The summed E-state index contributed by atoms with van der Waals surface area (Å²) in [5, 5.41) is 11.0. The van der Waals surface area contributed by atoms with Gasteiger partial charge in [-0.15, -0.1) is 11.8 Å². The fourth-order valence-corrected chi connectivity index (χ4v) is 2.91. The van der Waals surface area contributed by atoms with Gasteiger partial charge in [0, 0.05) is 23.1 Å². The molecule has 110 valence electrons. The number of hydrogen-bond donors (Lipinski definition) is 0. The molecule has 2 rings (SSSR count). The maximum atomic E-state index is 11.0.